The maximum Gasteiger partial charge on any atom is 0.202 e. The molecule has 2 unspecified atom stereocenters. The van der Waals surface area contributed by atoms with E-state index in [4.69, 9.17) is 5.73 Å². The molecule has 4 heteroatoms. The maximum absolute atomic E-state index is 6.21. The Bertz CT molecular complexity index is 614. The number of aryl methyl sites for hydroxylation is 1. The molecule has 0 aliphatic heterocycles. The first kappa shape index (κ1) is 13.4. The van der Waals surface area contributed by atoms with Crippen LogP contribution in [0.4, 0.5) is 5.95 Å². The molecule has 0 radical (unpaired) electrons. The molecule has 2 N–H and O–H groups in total. The third-order valence-corrected chi connectivity index (χ3v) is 4.67. The highest BCUT2D eigenvalue weighted by Gasteiger charge is 2.31. The van der Waals surface area contributed by atoms with Gasteiger partial charge in [0.1, 0.15) is 5.52 Å². The van der Waals surface area contributed by atoms with E-state index in [1.54, 1.807) is 0 Å². The standard InChI is InChI=1S/C16H24N4/c1-10(2)12-6-4-5-7-14(12)20-15-13(19-16(20)17)9-8-11(3)18-15/h8-10,12,14H,4-7H2,1-3H3,(H2,17,19). The number of nitrogens with two attached hydrogens (primary N) is 1. The average molecular weight is 272 g/mol. The van der Waals surface area contributed by atoms with Crippen LogP contribution in [0.5, 0.6) is 0 Å². The molecule has 1 fully saturated rings. The predicted molar refractivity (Wildman–Crippen MR) is 82.5 cm³/mol. The lowest BCUT2D eigenvalue weighted by Crippen LogP contribution is -2.28. The van der Waals surface area contributed by atoms with Crippen molar-refractivity contribution in [3.8, 4) is 0 Å². The SMILES string of the molecule is Cc1ccc2nc(N)n(C3CCCCC3C(C)C)c2n1. The molecule has 0 saturated heterocycles. The molecule has 3 rings (SSSR count). The quantitative estimate of drug-likeness (QED) is 0.906. The Hall–Kier alpha value is -1.58. The smallest absolute Gasteiger partial charge is 0.202 e. The molecule has 0 spiro atoms. The first-order chi connectivity index (χ1) is 9.58. The third-order valence-electron chi connectivity index (χ3n) is 4.67. The summed E-state index contributed by atoms with van der Waals surface area (Å²) in [5, 5.41) is 0. The van der Waals surface area contributed by atoms with Gasteiger partial charge in [-0.15, -0.1) is 0 Å². The Morgan fingerprint density at radius 2 is 1.95 bits per heavy atom. The van der Waals surface area contributed by atoms with Crippen molar-refractivity contribution in [3.05, 3.63) is 17.8 Å². The molecule has 2 atom stereocenters. The fraction of sp³-hybridized carbons (Fsp3) is 0.625. The van der Waals surface area contributed by atoms with Crippen molar-refractivity contribution in [1.82, 2.24) is 14.5 Å². The summed E-state index contributed by atoms with van der Waals surface area (Å²) < 4.78 is 2.20. The Morgan fingerprint density at radius 1 is 1.20 bits per heavy atom. The largest absolute Gasteiger partial charge is 0.369 e. The van der Waals surface area contributed by atoms with Crippen molar-refractivity contribution in [3.63, 3.8) is 0 Å². The second kappa shape index (κ2) is 5.08. The molecule has 4 nitrogen and oxygen atoms in total. The van der Waals surface area contributed by atoms with E-state index in [-0.39, 0.29) is 0 Å². The first-order valence-electron chi connectivity index (χ1n) is 7.69. The fourth-order valence-electron chi connectivity index (χ4n) is 3.65. The number of nitrogens with zero attached hydrogens (tertiary/aromatic N) is 3. The van der Waals surface area contributed by atoms with Crippen LogP contribution in [0, 0.1) is 18.8 Å². The van der Waals surface area contributed by atoms with Gasteiger partial charge < -0.3 is 5.73 Å². The highest BCUT2D eigenvalue weighted by atomic mass is 15.2. The van der Waals surface area contributed by atoms with Crippen LogP contribution in [0.2, 0.25) is 0 Å². The predicted octanol–water partition coefficient (Wildman–Crippen LogP) is 3.71. The number of imidazole rings is 1. The Labute approximate surface area is 120 Å². The fourth-order valence-corrected chi connectivity index (χ4v) is 3.65. The highest BCUT2D eigenvalue weighted by molar-refractivity contribution is 5.74. The van der Waals surface area contributed by atoms with Crippen molar-refractivity contribution in [2.75, 3.05) is 5.73 Å². The van der Waals surface area contributed by atoms with Crippen LogP contribution >= 0.6 is 0 Å². The van der Waals surface area contributed by atoms with Crippen molar-refractivity contribution in [1.29, 1.82) is 0 Å². The van der Waals surface area contributed by atoms with E-state index in [1.165, 1.54) is 25.7 Å². The van der Waals surface area contributed by atoms with Crippen molar-refractivity contribution >= 4 is 17.1 Å². The minimum absolute atomic E-state index is 0.447. The van der Waals surface area contributed by atoms with E-state index in [0.29, 0.717) is 23.8 Å². The molecule has 0 amide bonds. The summed E-state index contributed by atoms with van der Waals surface area (Å²) in [4.78, 5) is 9.19. The number of hydrogen-bond donors (Lipinski definition) is 1. The van der Waals surface area contributed by atoms with E-state index in [0.717, 1.165) is 16.9 Å². The van der Waals surface area contributed by atoms with Crippen LogP contribution < -0.4 is 5.73 Å². The second-order valence-corrected chi connectivity index (χ2v) is 6.40. The summed E-state index contributed by atoms with van der Waals surface area (Å²) >= 11 is 0. The van der Waals surface area contributed by atoms with Crippen LogP contribution in [0.25, 0.3) is 11.2 Å². The van der Waals surface area contributed by atoms with Crippen molar-refractivity contribution in [2.45, 2.75) is 52.5 Å². The van der Waals surface area contributed by atoms with Gasteiger partial charge in [0.2, 0.25) is 5.95 Å². The molecule has 1 saturated carbocycles. The third kappa shape index (κ3) is 2.17. The molecule has 2 aromatic heterocycles. The van der Waals surface area contributed by atoms with Gasteiger partial charge in [-0.1, -0.05) is 26.7 Å². The van der Waals surface area contributed by atoms with Gasteiger partial charge in [0.25, 0.3) is 0 Å². The Balaban J connectivity index is 2.12. The zero-order chi connectivity index (χ0) is 14.3. The minimum Gasteiger partial charge on any atom is -0.369 e. The van der Waals surface area contributed by atoms with Gasteiger partial charge >= 0.3 is 0 Å². The average Bonchev–Trinajstić information content (AvgIpc) is 2.74. The summed E-state index contributed by atoms with van der Waals surface area (Å²) in [5.41, 5.74) is 9.11. The molecule has 2 aromatic rings. The molecule has 2 heterocycles. The lowest BCUT2D eigenvalue weighted by Gasteiger charge is -2.35. The number of pyridine rings is 1. The van der Waals surface area contributed by atoms with Crippen molar-refractivity contribution < 1.29 is 0 Å². The number of aromatic nitrogens is 3. The first-order valence-corrected chi connectivity index (χ1v) is 7.69. The van der Waals surface area contributed by atoms with Gasteiger partial charge in [0.15, 0.2) is 5.65 Å². The maximum atomic E-state index is 6.21. The summed E-state index contributed by atoms with van der Waals surface area (Å²) in [6.45, 7) is 6.65. The van der Waals surface area contributed by atoms with Crippen LogP contribution in [0.15, 0.2) is 12.1 Å². The number of rotatable bonds is 2. The summed E-state index contributed by atoms with van der Waals surface area (Å²) in [5.74, 6) is 1.96. The molecular weight excluding hydrogens is 248 g/mol. The van der Waals surface area contributed by atoms with Gasteiger partial charge in [-0.05, 0) is 43.7 Å². The summed E-state index contributed by atoms with van der Waals surface area (Å²) in [6, 6.07) is 4.47. The number of anilines is 1. The number of hydrogen-bond acceptors (Lipinski definition) is 3. The van der Waals surface area contributed by atoms with Gasteiger partial charge in [-0.3, -0.25) is 4.57 Å². The Morgan fingerprint density at radius 3 is 2.70 bits per heavy atom. The number of fused-ring (bicyclic) bond motifs is 1. The molecule has 1 aliphatic carbocycles. The molecular formula is C16H24N4. The van der Waals surface area contributed by atoms with Crippen LogP contribution in [0.1, 0.15) is 51.3 Å². The molecule has 108 valence electrons. The van der Waals surface area contributed by atoms with Crippen molar-refractivity contribution in [2.24, 2.45) is 11.8 Å². The monoisotopic (exact) mass is 272 g/mol. The van der Waals surface area contributed by atoms with E-state index in [1.807, 2.05) is 19.1 Å². The Kier molecular flexibility index (Phi) is 3.40. The zero-order valence-electron chi connectivity index (χ0n) is 12.6. The number of nitrogen functional groups attached to an aromatic ring is 1. The van der Waals surface area contributed by atoms with Crippen LogP contribution in [-0.4, -0.2) is 14.5 Å². The topological polar surface area (TPSA) is 56.7 Å². The van der Waals surface area contributed by atoms with E-state index < -0.39 is 0 Å². The van der Waals surface area contributed by atoms with E-state index in [9.17, 15) is 0 Å². The van der Waals surface area contributed by atoms with Gasteiger partial charge in [-0.25, -0.2) is 9.97 Å². The highest BCUT2D eigenvalue weighted by Crippen LogP contribution is 2.40. The van der Waals surface area contributed by atoms with Crippen LogP contribution in [0.3, 0.4) is 0 Å². The lowest BCUT2D eigenvalue weighted by atomic mass is 9.77. The van der Waals surface area contributed by atoms with Crippen LogP contribution in [-0.2, 0) is 0 Å². The van der Waals surface area contributed by atoms with E-state index >= 15 is 0 Å². The zero-order valence-corrected chi connectivity index (χ0v) is 12.6. The molecule has 20 heavy (non-hydrogen) atoms. The second-order valence-electron chi connectivity index (χ2n) is 6.40. The molecule has 1 aliphatic rings. The summed E-state index contributed by atoms with van der Waals surface area (Å²) in [7, 11) is 0. The lowest BCUT2D eigenvalue weighted by molar-refractivity contribution is 0.189. The minimum atomic E-state index is 0.447. The van der Waals surface area contributed by atoms with Gasteiger partial charge in [0, 0.05) is 11.7 Å². The molecule has 0 bridgehead atoms. The van der Waals surface area contributed by atoms with E-state index in [2.05, 4.69) is 28.4 Å². The normalized spacial score (nSPS) is 23.6. The van der Waals surface area contributed by atoms with Gasteiger partial charge in [-0.2, -0.15) is 0 Å². The van der Waals surface area contributed by atoms with Gasteiger partial charge in [0.05, 0.1) is 0 Å². The summed E-state index contributed by atoms with van der Waals surface area (Å²) in [6.07, 6.45) is 5.08. The molecule has 0 aromatic carbocycles.